The molecule has 0 spiro atoms. The minimum Gasteiger partial charge on any atom is -0.494 e. The summed E-state index contributed by atoms with van der Waals surface area (Å²) in [6.45, 7) is 5.25. The summed E-state index contributed by atoms with van der Waals surface area (Å²) in [7, 11) is 0. The molecule has 0 aliphatic heterocycles. The summed E-state index contributed by atoms with van der Waals surface area (Å²) in [5.74, 6) is 1.70. The van der Waals surface area contributed by atoms with Crippen LogP contribution in [0.1, 0.15) is 90.0 Å². The molecular weight excluding hydrogens is 368 g/mol. The molecule has 0 radical (unpaired) electrons. The molecule has 3 heteroatoms. The molecule has 0 aliphatic rings. The van der Waals surface area contributed by atoms with E-state index in [1.165, 1.54) is 63.4 Å². The number of hydrogen-bond acceptors (Lipinski definition) is 3. The van der Waals surface area contributed by atoms with Crippen LogP contribution in [0.15, 0.2) is 48.8 Å². The standard InChI is InChI=1S/C27H40N2O/c1-3-5-7-9-10-11-13-15-21-30-26-19-17-25(18-20-26)27-28-22-24(23-29-27)16-14-12-8-6-4-2/h9-10,17-20,22-23H,3-8,11-16,21H2,1-2H3/b10-9-. The van der Waals surface area contributed by atoms with Crippen LogP contribution < -0.4 is 4.74 Å². The van der Waals surface area contributed by atoms with Crippen molar-refractivity contribution in [2.75, 3.05) is 6.61 Å². The van der Waals surface area contributed by atoms with Gasteiger partial charge in [-0.2, -0.15) is 0 Å². The first kappa shape index (κ1) is 24.1. The highest BCUT2D eigenvalue weighted by Gasteiger charge is 2.03. The third-order valence-electron chi connectivity index (χ3n) is 5.31. The van der Waals surface area contributed by atoms with Gasteiger partial charge in [0.15, 0.2) is 5.82 Å². The maximum atomic E-state index is 5.87. The van der Waals surface area contributed by atoms with Crippen molar-refractivity contribution in [1.82, 2.24) is 9.97 Å². The van der Waals surface area contributed by atoms with Gasteiger partial charge in [-0.05, 0) is 68.4 Å². The smallest absolute Gasteiger partial charge is 0.159 e. The van der Waals surface area contributed by atoms with E-state index >= 15 is 0 Å². The number of nitrogens with zero attached hydrogens (tertiary/aromatic N) is 2. The van der Waals surface area contributed by atoms with Crippen molar-refractivity contribution in [1.29, 1.82) is 0 Å². The number of benzene rings is 1. The Morgan fingerprint density at radius 3 is 2.10 bits per heavy atom. The third-order valence-corrected chi connectivity index (χ3v) is 5.31. The Labute approximate surface area is 184 Å². The molecule has 30 heavy (non-hydrogen) atoms. The number of allylic oxidation sites excluding steroid dienone is 2. The van der Waals surface area contributed by atoms with E-state index < -0.39 is 0 Å². The first-order chi connectivity index (χ1) is 14.8. The van der Waals surface area contributed by atoms with Crippen LogP contribution in [0, 0.1) is 0 Å². The molecule has 1 heterocycles. The molecule has 0 N–H and O–H groups in total. The lowest BCUT2D eigenvalue weighted by Crippen LogP contribution is -1.97. The number of rotatable bonds is 16. The molecule has 0 aliphatic carbocycles. The Morgan fingerprint density at radius 2 is 1.40 bits per heavy atom. The van der Waals surface area contributed by atoms with Crippen molar-refractivity contribution < 1.29 is 4.74 Å². The van der Waals surface area contributed by atoms with Crippen molar-refractivity contribution in [3.8, 4) is 17.1 Å². The predicted octanol–water partition coefficient (Wildman–Crippen LogP) is 7.95. The minimum absolute atomic E-state index is 0.769. The van der Waals surface area contributed by atoms with E-state index in [0.717, 1.165) is 43.0 Å². The largest absolute Gasteiger partial charge is 0.494 e. The Bertz CT molecular complexity index is 692. The number of aromatic nitrogens is 2. The fourth-order valence-corrected chi connectivity index (χ4v) is 3.38. The average molecular weight is 409 g/mol. The van der Waals surface area contributed by atoms with Crippen LogP contribution in [-0.4, -0.2) is 16.6 Å². The highest BCUT2D eigenvalue weighted by atomic mass is 16.5. The van der Waals surface area contributed by atoms with Crippen LogP contribution >= 0.6 is 0 Å². The monoisotopic (exact) mass is 408 g/mol. The van der Waals surface area contributed by atoms with Gasteiger partial charge in [0.05, 0.1) is 6.61 Å². The fourth-order valence-electron chi connectivity index (χ4n) is 3.38. The van der Waals surface area contributed by atoms with Crippen LogP contribution in [0.3, 0.4) is 0 Å². The summed E-state index contributed by atoms with van der Waals surface area (Å²) < 4.78 is 5.87. The van der Waals surface area contributed by atoms with Crippen molar-refractivity contribution in [2.24, 2.45) is 0 Å². The van der Waals surface area contributed by atoms with Crippen LogP contribution in [0.2, 0.25) is 0 Å². The Morgan fingerprint density at radius 1 is 0.733 bits per heavy atom. The van der Waals surface area contributed by atoms with E-state index in [0.29, 0.717) is 0 Å². The normalized spacial score (nSPS) is 11.3. The molecule has 1 aromatic heterocycles. The van der Waals surface area contributed by atoms with Gasteiger partial charge in [0.1, 0.15) is 5.75 Å². The molecule has 2 aromatic rings. The highest BCUT2D eigenvalue weighted by molar-refractivity contribution is 5.55. The highest BCUT2D eigenvalue weighted by Crippen LogP contribution is 2.20. The molecule has 1 aromatic carbocycles. The summed E-state index contributed by atoms with van der Waals surface area (Å²) >= 11 is 0. The molecule has 2 rings (SSSR count). The van der Waals surface area contributed by atoms with E-state index in [2.05, 4.69) is 36.0 Å². The van der Waals surface area contributed by atoms with Gasteiger partial charge in [-0.25, -0.2) is 9.97 Å². The van der Waals surface area contributed by atoms with Gasteiger partial charge >= 0.3 is 0 Å². The second kappa shape index (κ2) is 15.6. The molecule has 0 bridgehead atoms. The molecule has 0 saturated carbocycles. The first-order valence-electron chi connectivity index (χ1n) is 12.0. The minimum atomic E-state index is 0.769. The van der Waals surface area contributed by atoms with Crippen molar-refractivity contribution in [3.05, 3.63) is 54.4 Å². The van der Waals surface area contributed by atoms with E-state index in [9.17, 15) is 0 Å². The van der Waals surface area contributed by atoms with Crippen molar-refractivity contribution in [3.63, 3.8) is 0 Å². The maximum Gasteiger partial charge on any atom is 0.159 e. The number of hydrogen-bond donors (Lipinski definition) is 0. The topological polar surface area (TPSA) is 35.0 Å². The van der Waals surface area contributed by atoms with Crippen LogP contribution in [0.5, 0.6) is 5.75 Å². The quantitative estimate of drug-likeness (QED) is 0.209. The lowest BCUT2D eigenvalue weighted by molar-refractivity contribution is 0.307. The predicted molar refractivity (Wildman–Crippen MR) is 128 cm³/mol. The summed E-state index contributed by atoms with van der Waals surface area (Å²) in [6.07, 6.45) is 23.3. The van der Waals surface area contributed by atoms with Gasteiger partial charge in [-0.1, -0.05) is 64.5 Å². The van der Waals surface area contributed by atoms with E-state index in [-0.39, 0.29) is 0 Å². The Balaban J connectivity index is 1.66. The summed E-state index contributed by atoms with van der Waals surface area (Å²) in [5.41, 5.74) is 2.27. The lowest BCUT2D eigenvalue weighted by atomic mass is 10.1. The Kier molecular flexibility index (Phi) is 12.6. The van der Waals surface area contributed by atoms with Crippen LogP contribution in [0.4, 0.5) is 0 Å². The van der Waals surface area contributed by atoms with Crippen molar-refractivity contribution >= 4 is 0 Å². The zero-order valence-corrected chi connectivity index (χ0v) is 19.1. The van der Waals surface area contributed by atoms with E-state index in [1.54, 1.807) is 0 Å². The van der Waals surface area contributed by atoms with Gasteiger partial charge in [0.25, 0.3) is 0 Å². The lowest BCUT2D eigenvalue weighted by Gasteiger charge is -2.07. The van der Waals surface area contributed by atoms with Gasteiger partial charge in [-0.15, -0.1) is 0 Å². The molecule has 0 saturated heterocycles. The van der Waals surface area contributed by atoms with Gasteiger partial charge < -0.3 is 4.74 Å². The summed E-state index contributed by atoms with van der Waals surface area (Å²) in [5, 5.41) is 0. The van der Waals surface area contributed by atoms with Gasteiger partial charge in [0, 0.05) is 18.0 Å². The van der Waals surface area contributed by atoms with Crippen LogP contribution in [-0.2, 0) is 6.42 Å². The number of unbranched alkanes of at least 4 members (excludes halogenated alkanes) is 8. The molecule has 0 fully saturated rings. The zero-order valence-electron chi connectivity index (χ0n) is 19.1. The first-order valence-corrected chi connectivity index (χ1v) is 12.0. The van der Waals surface area contributed by atoms with Gasteiger partial charge in [0.2, 0.25) is 0 Å². The fraction of sp³-hybridized carbons (Fsp3) is 0.556. The average Bonchev–Trinajstić information content (AvgIpc) is 2.79. The zero-order chi connectivity index (χ0) is 21.3. The number of aryl methyl sites for hydroxylation is 1. The van der Waals surface area contributed by atoms with E-state index in [4.69, 9.17) is 4.74 Å². The SMILES string of the molecule is CCCC/C=C\CCCCOc1ccc(-c2ncc(CCCCCCC)cn2)cc1. The molecule has 0 atom stereocenters. The second-order valence-electron chi connectivity index (χ2n) is 8.06. The molecule has 0 unspecified atom stereocenters. The number of ether oxygens (including phenoxy) is 1. The second-order valence-corrected chi connectivity index (χ2v) is 8.06. The molecule has 0 amide bonds. The van der Waals surface area contributed by atoms with Crippen LogP contribution in [0.25, 0.3) is 11.4 Å². The summed E-state index contributed by atoms with van der Waals surface area (Å²) in [6, 6.07) is 8.13. The molecule has 164 valence electrons. The van der Waals surface area contributed by atoms with E-state index in [1.807, 2.05) is 36.7 Å². The maximum absolute atomic E-state index is 5.87. The van der Waals surface area contributed by atoms with Crippen molar-refractivity contribution in [2.45, 2.75) is 90.9 Å². The molecule has 3 nitrogen and oxygen atoms in total. The third kappa shape index (κ3) is 10.0. The molecular formula is C27H40N2O. The summed E-state index contributed by atoms with van der Waals surface area (Å²) in [4.78, 5) is 9.12. The van der Waals surface area contributed by atoms with Gasteiger partial charge in [-0.3, -0.25) is 0 Å². The Hall–Kier alpha value is -2.16.